The maximum absolute atomic E-state index is 12.8. The van der Waals surface area contributed by atoms with E-state index >= 15 is 0 Å². The molecular weight excluding hydrogens is 395 g/mol. The summed E-state index contributed by atoms with van der Waals surface area (Å²) in [6.45, 7) is 0.991. The Morgan fingerprint density at radius 3 is 2.37 bits per heavy atom. The van der Waals surface area contributed by atoms with E-state index in [1.807, 2.05) is 30.3 Å². The smallest absolute Gasteiger partial charge is 0.343 e. The second-order valence-electron chi connectivity index (χ2n) is 7.33. The fourth-order valence-electron chi connectivity index (χ4n) is 3.45. The van der Waals surface area contributed by atoms with Crippen molar-refractivity contribution in [3.05, 3.63) is 65.7 Å². The predicted molar refractivity (Wildman–Crippen MR) is 107 cm³/mol. The van der Waals surface area contributed by atoms with Gasteiger partial charge in [-0.05, 0) is 43.0 Å². The summed E-state index contributed by atoms with van der Waals surface area (Å²) in [7, 11) is 0. The average Bonchev–Trinajstić information content (AvgIpc) is 2.76. The summed E-state index contributed by atoms with van der Waals surface area (Å²) in [6, 6.07) is 14.4. The van der Waals surface area contributed by atoms with Crippen LogP contribution in [0.4, 0.5) is 18.9 Å². The Labute approximate surface area is 173 Å². The van der Waals surface area contributed by atoms with Crippen LogP contribution in [0.1, 0.15) is 30.4 Å². The van der Waals surface area contributed by atoms with Crippen LogP contribution < -0.4 is 10.9 Å². The zero-order valence-electron chi connectivity index (χ0n) is 16.4. The number of piperidine rings is 1. The topological polar surface area (TPSA) is 61.4 Å². The van der Waals surface area contributed by atoms with Gasteiger partial charge >= 0.3 is 6.18 Å². The van der Waals surface area contributed by atoms with Crippen LogP contribution in [0.25, 0.3) is 0 Å². The molecule has 2 N–H and O–H groups in total. The van der Waals surface area contributed by atoms with Gasteiger partial charge in [-0.1, -0.05) is 36.4 Å². The first-order valence-electron chi connectivity index (χ1n) is 9.88. The van der Waals surface area contributed by atoms with E-state index in [9.17, 15) is 22.8 Å². The van der Waals surface area contributed by atoms with Gasteiger partial charge in [0.15, 0.2) is 0 Å². The SMILES string of the molecule is O=C(NNc1cccc(C(F)(F)F)c1)C1CCN(C(=O)CCc2ccccc2)CC1. The summed E-state index contributed by atoms with van der Waals surface area (Å²) in [5.74, 6) is -0.509. The van der Waals surface area contributed by atoms with Crippen LogP contribution >= 0.6 is 0 Å². The molecule has 0 aliphatic carbocycles. The lowest BCUT2D eigenvalue weighted by Gasteiger charge is -2.31. The maximum atomic E-state index is 12.8. The van der Waals surface area contributed by atoms with Gasteiger partial charge in [0, 0.05) is 25.4 Å². The molecule has 0 bridgehead atoms. The number of hydrazine groups is 1. The van der Waals surface area contributed by atoms with Crippen molar-refractivity contribution in [1.82, 2.24) is 10.3 Å². The number of carbonyl (C=O) groups excluding carboxylic acids is 2. The molecule has 2 aromatic carbocycles. The Bertz CT molecular complexity index is 863. The van der Waals surface area contributed by atoms with Gasteiger partial charge in [0.2, 0.25) is 11.8 Å². The molecule has 0 aromatic heterocycles. The van der Waals surface area contributed by atoms with Gasteiger partial charge in [-0.3, -0.25) is 20.4 Å². The fourth-order valence-corrected chi connectivity index (χ4v) is 3.45. The number of hydrogen-bond acceptors (Lipinski definition) is 3. The number of hydrogen-bond donors (Lipinski definition) is 2. The number of carbonyl (C=O) groups is 2. The molecule has 160 valence electrons. The van der Waals surface area contributed by atoms with Gasteiger partial charge in [-0.2, -0.15) is 13.2 Å². The van der Waals surface area contributed by atoms with Crippen molar-refractivity contribution in [2.24, 2.45) is 5.92 Å². The Kier molecular flexibility index (Phi) is 6.97. The van der Waals surface area contributed by atoms with E-state index in [2.05, 4.69) is 10.9 Å². The first kappa shape index (κ1) is 21.7. The normalized spacial score (nSPS) is 15.0. The first-order chi connectivity index (χ1) is 14.3. The maximum Gasteiger partial charge on any atom is 0.416 e. The highest BCUT2D eigenvalue weighted by Crippen LogP contribution is 2.30. The molecular formula is C22H24F3N3O2. The van der Waals surface area contributed by atoms with Crippen molar-refractivity contribution in [2.45, 2.75) is 31.9 Å². The number of likely N-dealkylation sites (tertiary alicyclic amines) is 1. The highest BCUT2D eigenvalue weighted by atomic mass is 19.4. The van der Waals surface area contributed by atoms with E-state index in [-0.39, 0.29) is 23.4 Å². The lowest BCUT2D eigenvalue weighted by atomic mass is 9.95. The van der Waals surface area contributed by atoms with Crippen molar-refractivity contribution >= 4 is 17.5 Å². The van der Waals surface area contributed by atoms with Crippen LogP contribution in [0.15, 0.2) is 54.6 Å². The molecule has 2 aromatic rings. The molecule has 1 saturated heterocycles. The second-order valence-corrected chi connectivity index (χ2v) is 7.33. The summed E-state index contributed by atoms with van der Waals surface area (Å²) >= 11 is 0. The molecule has 0 spiro atoms. The number of rotatable bonds is 6. The molecule has 0 unspecified atom stereocenters. The van der Waals surface area contributed by atoms with Crippen LogP contribution in [-0.4, -0.2) is 29.8 Å². The minimum Gasteiger partial charge on any atom is -0.343 e. The summed E-state index contributed by atoms with van der Waals surface area (Å²) in [4.78, 5) is 26.5. The molecule has 1 aliphatic heterocycles. The summed E-state index contributed by atoms with van der Waals surface area (Å²) in [5.41, 5.74) is 5.51. The number of nitrogens with one attached hydrogen (secondary N) is 2. The number of nitrogens with zero attached hydrogens (tertiary/aromatic N) is 1. The zero-order valence-corrected chi connectivity index (χ0v) is 16.4. The van der Waals surface area contributed by atoms with Gasteiger partial charge in [-0.25, -0.2) is 0 Å². The Hall–Kier alpha value is -3.03. The zero-order chi connectivity index (χ0) is 21.6. The minimum absolute atomic E-state index is 0.0693. The summed E-state index contributed by atoms with van der Waals surface area (Å²) in [6.07, 6.45) is -2.29. The van der Waals surface area contributed by atoms with Crippen molar-refractivity contribution in [1.29, 1.82) is 0 Å². The number of halogens is 3. The van der Waals surface area contributed by atoms with Gasteiger partial charge in [-0.15, -0.1) is 0 Å². The largest absolute Gasteiger partial charge is 0.416 e. The lowest BCUT2D eigenvalue weighted by Crippen LogP contribution is -2.44. The number of alkyl halides is 3. The Balaban J connectivity index is 1.42. The van der Waals surface area contributed by atoms with Crippen molar-refractivity contribution in [3.8, 4) is 0 Å². The third-order valence-electron chi connectivity index (χ3n) is 5.21. The minimum atomic E-state index is -4.44. The van der Waals surface area contributed by atoms with Crippen LogP contribution in [0.2, 0.25) is 0 Å². The molecule has 2 amide bonds. The molecule has 1 heterocycles. The van der Waals surface area contributed by atoms with Crippen LogP contribution in [0.3, 0.4) is 0 Å². The number of amides is 2. The second kappa shape index (κ2) is 9.65. The van der Waals surface area contributed by atoms with Gasteiger partial charge in [0.05, 0.1) is 11.3 Å². The molecule has 30 heavy (non-hydrogen) atoms. The van der Waals surface area contributed by atoms with E-state index < -0.39 is 11.7 Å². The van der Waals surface area contributed by atoms with Crippen LogP contribution in [0, 0.1) is 5.92 Å². The van der Waals surface area contributed by atoms with Crippen molar-refractivity contribution < 1.29 is 22.8 Å². The monoisotopic (exact) mass is 419 g/mol. The van der Waals surface area contributed by atoms with E-state index in [4.69, 9.17) is 0 Å². The fraction of sp³-hybridized carbons (Fsp3) is 0.364. The Morgan fingerprint density at radius 2 is 1.70 bits per heavy atom. The van der Waals surface area contributed by atoms with Crippen LogP contribution in [-0.2, 0) is 22.2 Å². The first-order valence-corrected chi connectivity index (χ1v) is 9.88. The van der Waals surface area contributed by atoms with Crippen molar-refractivity contribution in [2.75, 3.05) is 18.5 Å². The Morgan fingerprint density at radius 1 is 1.00 bits per heavy atom. The highest BCUT2D eigenvalue weighted by molar-refractivity contribution is 5.81. The van der Waals surface area contributed by atoms with Gasteiger partial charge < -0.3 is 4.90 Å². The lowest BCUT2D eigenvalue weighted by molar-refractivity contribution is -0.137. The van der Waals surface area contributed by atoms with E-state index in [1.165, 1.54) is 12.1 Å². The predicted octanol–water partition coefficient (Wildman–Crippen LogP) is 4.02. The van der Waals surface area contributed by atoms with Gasteiger partial charge in [0.25, 0.3) is 0 Å². The average molecular weight is 419 g/mol. The van der Waals surface area contributed by atoms with Crippen LogP contribution in [0.5, 0.6) is 0 Å². The number of benzene rings is 2. The van der Waals surface area contributed by atoms with E-state index in [0.717, 1.165) is 17.7 Å². The number of aryl methyl sites for hydroxylation is 1. The quantitative estimate of drug-likeness (QED) is 0.696. The molecule has 0 saturated carbocycles. The molecule has 0 radical (unpaired) electrons. The summed E-state index contributed by atoms with van der Waals surface area (Å²) < 4.78 is 38.3. The number of anilines is 1. The molecule has 5 nitrogen and oxygen atoms in total. The standard InChI is InChI=1S/C22H24F3N3O2/c23-22(24,25)18-7-4-8-19(15-18)26-27-21(30)17-11-13-28(14-12-17)20(29)10-9-16-5-2-1-3-6-16/h1-8,15,17,26H,9-14H2,(H,27,30). The van der Waals surface area contributed by atoms with Crippen molar-refractivity contribution in [3.63, 3.8) is 0 Å². The van der Waals surface area contributed by atoms with E-state index in [1.54, 1.807) is 4.90 Å². The molecule has 1 aliphatic rings. The third-order valence-corrected chi connectivity index (χ3v) is 5.21. The summed E-state index contributed by atoms with van der Waals surface area (Å²) in [5, 5.41) is 0. The molecule has 1 fully saturated rings. The molecule has 0 atom stereocenters. The van der Waals surface area contributed by atoms with Gasteiger partial charge in [0.1, 0.15) is 0 Å². The molecule has 3 rings (SSSR count). The highest BCUT2D eigenvalue weighted by Gasteiger charge is 2.31. The van der Waals surface area contributed by atoms with E-state index in [0.29, 0.717) is 38.8 Å². The molecule has 8 heteroatoms. The third kappa shape index (κ3) is 5.98.